The average Bonchev–Trinajstić information content (AvgIpc) is 3.04. The monoisotopic (exact) mass is 281 g/mol. The van der Waals surface area contributed by atoms with Gasteiger partial charge in [-0.3, -0.25) is 4.90 Å². The maximum atomic E-state index is 12.7. The molecule has 108 valence electrons. The van der Waals surface area contributed by atoms with Crippen molar-refractivity contribution >= 4 is 11.8 Å². The number of nitrogens with zero attached hydrogens (tertiary/aromatic N) is 3. The molecule has 1 saturated heterocycles. The molecule has 1 aliphatic rings. The molecule has 1 aromatic heterocycles. The van der Waals surface area contributed by atoms with Crippen LogP contribution in [-0.2, 0) is 0 Å². The predicted molar refractivity (Wildman–Crippen MR) is 83.2 cm³/mol. The lowest BCUT2D eigenvalue weighted by Gasteiger charge is -2.29. The van der Waals surface area contributed by atoms with Crippen molar-refractivity contribution in [3.05, 3.63) is 60.3 Å². The van der Waals surface area contributed by atoms with Gasteiger partial charge in [0.15, 0.2) is 0 Å². The number of anilines is 1. The molecule has 1 aromatic carbocycles. The quantitative estimate of drug-likeness (QED) is 0.845. The van der Waals surface area contributed by atoms with E-state index < -0.39 is 0 Å². The van der Waals surface area contributed by atoms with Gasteiger partial charge in [-0.25, -0.2) is 9.78 Å². The third kappa shape index (κ3) is 2.75. The molecule has 4 heteroatoms. The second kappa shape index (κ2) is 5.95. The Balaban J connectivity index is 1.81. The van der Waals surface area contributed by atoms with Crippen molar-refractivity contribution in [2.24, 2.45) is 0 Å². The summed E-state index contributed by atoms with van der Waals surface area (Å²) in [6.07, 6.45) is 3.77. The van der Waals surface area contributed by atoms with Crippen LogP contribution in [0.15, 0.2) is 54.7 Å². The van der Waals surface area contributed by atoms with Gasteiger partial charge in [0.1, 0.15) is 5.82 Å². The molecule has 0 N–H and O–H groups in total. The number of likely N-dealkylation sites (tertiary alicyclic amines) is 1. The summed E-state index contributed by atoms with van der Waals surface area (Å²) in [6.45, 7) is 0.801. The van der Waals surface area contributed by atoms with Crippen LogP contribution < -0.4 is 4.90 Å². The topological polar surface area (TPSA) is 36.4 Å². The largest absolute Gasteiger partial charge is 0.325 e. The first kappa shape index (κ1) is 13.6. The van der Waals surface area contributed by atoms with Gasteiger partial charge in [0.2, 0.25) is 0 Å². The first-order chi connectivity index (χ1) is 10.3. The van der Waals surface area contributed by atoms with Gasteiger partial charge in [-0.2, -0.15) is 0 Å². The lowest BCUT2D eigenvalue weighted by Crippen LogP contribution is -2.41. The van der Waals surface area contributed by atoms with E-state index in [2.05, 4.69) is 17.1 Å². The van der Waals surface area contributed by atoms with Crippen LogP contribution in [0.3, 0.4) is 0 Å². The van der Waals surface area contributed by atoms with Crippen LogP contribution in [-0.4, -0.2) is 29.5 Å². The summed E-state index contributed by atoms with van der Waals surface area (Å²) in [4.78, 5) is 20.6. The highest BCUT2D eigenvalue weighted by Crippen LogP contribution is 2.32. The van der Waals surface area contributed by atoms with Crippen molar-refractivity contribution in [2.75, 3.05) is 18.5 Å². The summed E-state index contributed by atoms with van der Waals surface area (Å²) < 4.78 is 0. The van der Waals surface area contributed by atoms with Crippen LogP contribution in [0, 0.1) is 0 Å². The third-order valence-corrected chi connectivity index (χ3v) is 3.96. The zero-order valence-corrected chi connectivity index (χ0v) is 12.1. The number of amides is 2. The second-order valence-corrected chi connectivity index (χ2v) is 5.29. The molecule has 2 aromatic rings. The van der Waals surface area contributed by atoms with E-state index in [1.807, 2.05) is 41.3 Å². The highest BCUT2D eigenvalue weighted by atomic mass is 16.2. The van der Waals surface area contributed by atoms with Gasteiger partial charge >= 0.3 is 6.03 Å². The second-order valence-electron chi connectivity index (χ2n) is 5.29. The molecule has 1 aliphatic heterocycles. The van der Waals surface area contributed by atoms with E-state index in [1.165, 1.54) is 5.56 Å². The van der Waals surface area contributed by atoms with Crippen LogP contribution in [0.5, 0.6) is 0 Å². The molecule has 4 nitrogen and oxygen atoms in total. The summed E-state index contributed by atoms with van der Waals surface area (Å²) in [5, 5.41) is 0. The van der Waals surface area contributed by atoms with Gasteiger partial charge in [-0.1, -0.05) is 36.4 Å². The Labute approximate surface area is 125 Å². The van der Waals surface area contributed by atoms with Crippen LogP contribution in [0.4, 0.5) is 10.6 Å². The Hall–Kier alpha value is -2.36. The fraction of sp³-hybridized carbons (Fsp3) is 0.294. The lowest BCUT2D eigenvalue weighted by molar-refractivity contribution is 0.201. The molecular weight excluding hydrogens is 262 g/mol. The maximum absolute atomic E-state index is 12.7. The van der Waals surface area contributed by atoms with Crippen molar-refractivity contribution < 1.29 is 4.79 Å². The lowest BCUT2D eigenvalue weighted by atomic mass is 10.1. The molecule has 0 saturated carbocycles. The average molecular weight is 281 g/mol. The predicted octanol–water partition coefficient (Wildman–Crippen LogP) is 3.47. The van der Waals surface area contributed by atoms with E-state index in [9.17, 15) is 4.79 Å². The Kier molecular flexibility index (Phi) is 3.86. The molecule has 1 fully saturated rings. The number of urea groups is 1. The van der Waals surface area contributed by atoms with Crippen molar-refractivity contribution in [1.82, 2.24) is 9.88 Å². The van der Waals surface area contributed by atoms with Gasteiger partial charge in [0.25, 0.3) is 0 Å². The van der Waals surface area contributed by atoms with Gasteiger partial charge in [-0.05, 0) is 30.5 Å². The SMILES string of the molecule is CN(C(=O)N1CCCC1c1ccccc1)c1ccccn1. The molecule has 3 rings (SSSR count). The van der Waals surface area contributed by atoms with Crippen molar-refractivity contribution in [3.63, 3.8) is 0 Å². The molecule has 2 heterocycles. The van der Waals surface area contributed by atoms with Crippen LogP contribution in [0.1, 0.15) is 24.4 Å². The standard InChI is InChI=1S/C17H19N3O/c1-19(16-11-5-6-12-18-16)17(21)20-13-7-10-15(20)14-8-3-2-4-9-14/h2-6,8-9,11-12,15H,7,10,13H2,1H3. The molecule has 0 aliphatic carbocycles. The van der Waals surface area contributed by atoms with Gasteiger partial charge in [-0.15, -0.1) is 0 Å². The van der Waals surface area contributed by atoms with Crippen LogP contribution in [0.25, 0.3) is 0 Å². The smallest absolute Gasteiger partial charge is 0.317 e. The van der Waals surface area contributed by atoms with E-state index in [4.69, 9.17) is 0 Å². The van der Waals surface area contributed by atoms with E-state index in [0.717, 1.165) is 19.4 Å². The number of carbonyl (C=O) groups is 1. The summed E-state index contributed by atoms with van der Waals surface area (Å²) in [7, 11) is 1.78. The Morgan fingerprint density at radius 2 is 1.95 bits per heavy atom. The van der Waals surface area contributed by atoms with Crippen LogP contribution >= 0.6 is 0 Å². The number of benzene rings is 1. The number of hydrogen-bond donors (Lipinski definition) is 0. The molecule has 0 bridgehead atoms. The highest BCUT2D eigenvalue weighted by Gasteiger charge is 2.32. The number of pyridine rings is 1. The van der Waals surface area contributed by atoms with Gasteiger partial charge in [0, 0.05) is 19.8 Å². The summed E-state index contributed by atoms with van der Waals surface area (Å²) in [5.41, 5.74) is 1.21. The number of rotatable bonds is 2. The highest BCUT2D eigenvalue weighted by molar-refractivity contribution is 5.90. The van der Waals surface area contributed by atoms with E-state index in [-0.39, 0.29) is 12.1 Å². The molecule has 0 spiro atoms. The van der Waals surface area contributed by atoms with Crippen LogP contribution in [0.2, 0.25) is 0 Å². The Morgan fingerprint density at radius 3 is 2.67 bits per heavy atom. The molecular formula is C17H19N3O. The number of aromatic nitrogens is 1. The van der Waals surface area contributed by atoms with E-state index in [0.29, 0.717) is 5.82 Å². The molecule has 2 amide bonds. The molecule has 0 radical (unpaired) electrons. The van der Waals surface area contributed by atoms with E-state index >= 15 is 0 Å². The zero-order valence-electron chi connectivity index (χ0n) is 12.1. The van der Waals surface area contributed by atoms with Gasteiger partial charge < -0.3 is 4.90 Å². The Bertz CT molecular complexity index is 600. The maximum Gasteiger partial charge on any atom is 0.325 e. The normalized spacial score (nSPS) is 17.8. The zero-order chi connectivity index (χ0) is 14.7. The minimum Gasteiger partial charge on any atom is -0.317 e. The fourth-order valence-corrected chi connectivity index (χ4v) is 2.86. The Morgan fingerprint density at radius 1 is 1.19 bits per heavy atom. The van der Waals surface area contributed by atoms with Crippen molar-refractivity contribution in [1.29, 1.82) is 0 Å². The van der Waals surface area contributed by atoms with Gasteiger partial charge in [0.05, 0.1) is 6.04 Å². The first-order valence-corrected chi connectivity index (χ1v) is 7.27. The summed E-state index contributed by atoms with van der Waals surface area (Å²) in [6, 6.07) is 16.0. The minimum absolute atomic E-state index is 0.0139. The fourth-order valence-electron chi connectivity index (χ4n) is 2.86. The first-order valence-electron chi connectivity index (χ1n) is 7.27. The summed E-state index contributed by atoms with van der Waals surface area (Å²) in [5.74, 6) is 0.682. The molecule has 1 unspecified atom stereocenters. The molecule has 21 heavy (non-hydrogen) atoms. The minimum atomic E-state index is 0.0139. The van der Waals surface area contributed by atoms with E-state index in [1.54, 1.807) is 18.1 Å². The molecule has 1 atom stereocenters. The third-order valence-electron chi connectivity index (χ3n) is 3.96. The van der Waals surface area contributed by atoms with Crippen molar-refractivity contribution in [2.45, 2.75) is 18.9 Å². The number of hydrogen-bond acceptors (Lipinski definition) is 2. The van der Waals surface area contributed by atoms with Crippen molar-refractivity contribution in [3.8, 4) is 0 Å². The number of carbonyl (C=O) groups excluding carboxylic acids is 1. The summed E-state index contributed by atoms with van der Waals surface area (Å²) >= 11 is 0.